The van der Waals surface area contributed by atoms with Gasteiger partial charge in [0.05, 0.1) is 16.3 Å². The van der Waals surface area contributed by atoms with Gasteiger partial charge in [0, 0.05) is 28.7 Å². The van der Waals surface area contributed by atoms with Crippen LogP contribution in [-0.4, -0.2) is 31.7 Å². The lowest BCUT2D eigenvalue weighted by Crippen LogP contribution is -2.27. The number of rotatable bonds is 5. The number of benzene rings is 2. The zero-order valence-electron chi connectivity index (χ0n) is 15.7. The summed E-state index contributed by atoms with van der Waals surface area (Å²) < 4.78 is 25.6. The highest BCUT2D eigenvalue weighted by Crippen LogP contribution is 2.33. The van der Waals surface area contributed by atoms with E-state index in [1.54, 1.807) is 19.1 Å². The fraction of sp³-hybridized carbons (Fsp3) is 0.300. The largest absolute Gasteiger partial charge is 0.326 e. The molecule has 1 atom stereocenters. The molecule has 2 amide bonds. The van der Waals surface area contributed by atoms with Crippen molar-refractivity contribution < 1.29 is 18.0 Å². The zero-order chi connectivity index (χ0) is 20.3. The van der Waals surface area contributed by atoms with Crippen molar-refractivity contribution in [1.29, 1.82) is 0 Å². The molecule has 148 valence electrons. The quantitative estimate of drug-likeness (QED) is 0.776. The molecule has 8 heteroatoms. The third kappa shape index (κ3) is 4.94. The van der Waals surface area contributed by atoms with Gasteiger partial charge in [-0.25, -0.2) is 8.42 Å². The Hall–Kier alpha value is -2.32. The summed E-state index contributed by atoms with van der Waals surface area (Å²) in [6.07, 6.45) is 0.387. The monoisotopic (exact) mass is 418 g/mol. The first-order valence-electron chi connectivity index (χ1n) is 8.91. The molecule has 2 aromatic rings. The average Bonchev–Trinajstić information content (AvgIpc) is 2.81. The second-order valence-corrected chi connectivity index (χ2v) is 10.0. The number of nitrogens with one attached hydrogen (secondary N) is 2. The molecule has 28 heavy (non-hydrogen) atoms. The summed E-state index contributed by atoms with van der Waals surface area (Å²) in [6.45, 7) is 3.50. The van der Waals surface area contributed by atoms with Gasteiger partial charge in [0.1, 0.15) is 0 Å². The minimum Gasteiger partial charge on any atom is -0.326 e. The molecule has 1 aliphatic heterocycles. The highest BCUT2D eigenvalue weighted by Gasteiger charge is 2.25. The number of carbonyl (C=O) groups excluding carboxylic acids is 2. The SMILES string of the molecule is Cc1cccc(NC(=O)[C@H](C)CS(=O)(=O)c2ccc3c(c2)NC(=O)CCS3)c1. The van der Waals surface area contributed by atoms with Crippen LogP contribution in [0.4, 0.5) is 11.4 Å². The molecule has 2 aromatic carbocycles. The highest BCUT2D eigenvalue weighted by molar-refractivity contribution is 7.99. The van der Waals surface area contributed by atoms with Crippen molar-refractivity contribution in [3.05, 3.63) is 48.0 Å². The van der Waals surface area contributed by atoms with Crippen LogP contribution in [0, 0.1) is 12.8 Å². The summed E-state index contributed by atoms with van der Waals surface area (Å²) in [4.78, 5) is 25.1. The molecule has 1 aliphatic rings. The van der Waals surface area contributed by atoms with Gasteiger partial charge in [0.2, 0.25) is 11.8 Å². The Morgan fingerprint density at radius 3 is 2.79 bits per heavy atom. The Labute approximate surface area is 169 Å². The van der Waals surface area contributed by atoms with E-state index < -0.39 is 15.8 Å². The Morgan fingerprint density at radius 2 is 2.04 bits per heavy atom. The number of amides is 2. The maximum atomic E-state index is 12.8. The van der Waals surface area contributed by atoms with Gasteiger partial charge in [-0.05, 0) is 42.8 Å². The van der Waals surface area contributed by atoms with Crippen molar-refractivity contribution in [2.24, 2.45) is 5.92 Å². The van der Waals surface area contributed by atoms with E-state index in [1.807, 2.05) is 25.1 Å². The van der Waals surface area contributed by atoms with Gasteiger partial charge in [-0.3, -0.25) is 9.59 Å². The van der Waals surface area contributed by atoms with Gasteiger partial charge < -0.3 is 10.6 Å². The topological polar surface area (TPSA) is 92.3 Å². The molecule has 1 heterocycles. The Balaban J connectivity index is 1.74. The maximum Gasteiger partial charge on any atom is 0.228 e. The summed E-state index contributed by atoms with van der Waals surface area (Å²) in [6, 6.07) is 12.0. The van der Waals surface area contributed by atoms with Crippen molar-refractivity contribution in [3.63, 3.8) is 0 Å². The molecule has 0 saturated carbocycles. The molecule has 0 spiro atoms. The third-order valence-electron chi connectivity index (χ3n) is 4.37. The fourth-order valence-corrected chi connectivity index (χ4v) is 5.39. The standard InChI is InChI=1S/C20H22N2O4S2/c1-13-4-3-5-15(10-13)21-20(24)14(2)12-28(25,26)16-6-7-18-17(11-16)22-19(23)8-9-27-18/h3-7,10-11,14H,8-9,12H2,1-2H3,(H,21,24)(H,22,23)/t14-/m1/s1. The van der Waals surface area contributed by atoms with Crippen LogP contribution in [-0.2, 0) is 19.4 Å². The second kappa shape index (κ2) is 8.36. The van der Waals surface area contributed by atoms with Crippen LogP contribution in [0.15, 0.2) is 52.3 Å². The molecule has 6 nitrogen and oxygen atoms in total. The van der Waals surface area contributed by atoms with E-state index >= 15 is 0 Å². The van der Waals surface area contributed by atoms with Gasteiger partial charge in [0.15, 0.2) is 9.84 Å². The molecule has 0 saturated heterocycles. The van der Waals surface area contributed by atoms with Crippen LogP contribution >= 0.6 is 11.8 Å². The summed E-state index contributed by atoms with van der Waals surface area (Å²) in [5.41, 5.74) is 2.15. The van der Waals surface area contributed by atoms with Gasteiger partial charge in [-0.15, -0.1) is 11.8 Å². The van der Waals surface area contributed by atoms with Gasteiger partial charge >= 0.3 is 0 Å². The Morgan fingerprint density at radius 1 is 1.25 bits per heavy atom. The number of sulfone groups is 1. The van der Waals surface area contributed by atoms with Crippen molar-refractivity contribution in [2.45, 2.75) is 30.1 Å². The van der Waals surface area contributed by atoms with Gasteiger partial charge in [-0.1, -0.05) is 19.1 Å². The van der Waals surface area contributed by atoms with E-state index in [2.05, 4.69) is 10.6 Å². The van der Waals surface area contributed by atoms with E-state index in [4.69, 9.17) is 0 Å². The van der Waals surface area contributed by atoms with E-state index in [0.29, 0.717) is 23.5 Å². The summed E-state index contributed by atoms with van der Waals surface area (Å²) >= 11 is 1.51. The lowest BCUT2D eigenvalue weighted by atomic mass is 10.2. The summed E-state index contributed by atoms with van der Waals surface area (Å²) in [5, 5.41) is 5.50. The number of fused-ring (bicyclic) bond motifs is 1. The predicted octanol–water partition coefficient (Wildman–Crippen LogP) is 3.48. The van der Waals surface area contributed by atoms with Gasteiger partial charge in [-0.2, -0.15) is 0 Å². The van der Waals surface area contributed by atoms with E-state index in [-0.39, 0.29) is 22.5 Å². The van der Waals surface area contributed by atoms with Gasteiger partial charge in [0.25, 0.3) is 0 Å². The van der Waals surface area contributed by atoms with E-state index in [1.165, 1.54) is 23.9 Å². The van der Waals surface area contributed by atoms with Crippen LogP contribution in [0.1, 0.15) is 18.9 Å². The number of carbonyl (C=O) groups is 2. The third-order valence-corrected chi connectivity index (χ3v) is 7.36. The molecule has 0 fully saturated rings. The molecular formula is C20H22N2O4S2. The Bertz CT molecular complexity index is 1020. The second-order valence-electron chi connectivity index (χ2n) is 6.85. The molecule has 2 N–H and O–H groups in total. The Kier molecular flexibility index (Phi) is 6.10. The van der Waals surface area contributed by atoms with Crippen molar-refractivity contribution in [2.75, 3.05) is 22.1 Å². The van der Waals surface area contributed by atoms with Crippen LogP contribution in [0.3, 0.4) is 0 Å². The molecule has 0 radical (unpaired) electrons. The summed E-state index contributed by atoms with van der Waals surface area (Å²) in [5.74, 6) is -0.876. The predicted molar refractivity (Wildman–Crippen MR) is 111 cm³/mol. The molecular weight excluding hydrogens is 396 g/mol. The first kappa shape index (κ1) is 20.4. The maximum absolute atomic E-state index is 12.8. The van der Waals surface area contributed by atoms with Crippen molar-refractivity contribution in [3.8, 4) is 0 Å². The average molecular weight is 419 g/mol. The van der Waals surface area contributed by atoms with Crippen LogP contribution in [0.2, 0.25) is 0 Å². The van der Waals surface area contributed by atoms with E-state index in [9.17, 15) is 18.0 Å². The molecule has 3 rings (SSSR count). The smallest absolute Gasteiger partial charge is 0.228 e. The van der Waals surface area contributed by atoms with Crippen molar-refractivity contribution >= 4 is 44.8 Å². The first-order valence-corrected chi connectivity index (χ1v) is 11.6. The van der Waals surface area contributed by atoms with Crippen LogP contribution in [0.5, 0.6) is 0 Å². The number of hydrogen-bond donors (Lipinski definition) is 2. The van der Waals surface area contributed by atoms with E-state index in [0.717, 1.165) is 10.5 Å². The lowest BCUT2D eigenvalue weighted by molar-refractivity contribution is -0.119. The molecule has 0 aliphatic carbocycles. The lowest BCUT2D eigenvalue weighted by Gasteiger charge is -2.14. The number of anilines is 2. The van der Waals surface area contributed by atoms with Crippen molar-refractivity contribution in [1.82, 2.24) is 0 Å². The minimum atomic E-state index is -3.69. The first-order chi connectivity index (χ1) is 13.2. The number of thioether (sulfide) groups is 1. The number of aryl methyl sites for hydroxylation is 1. The molecule has 0 bridgehead atoms. The van der Waals surface area contributed by atoms with Crippen LogP contribution < -0.4 is 10.6 Å². The molecule has 0 unspecified atom stereocenters. The number of hydrogen-bond acceptors (Lipinski definition) is 5. The minimum absolute atomic E-state index is 0.101. The molecule has 0 aromatic heterocycles. The van der Waals surface area contributed by atoms with Crippen LogP contribution in [0.25, 0.3) is 0 Å². The zero-order valence-corrected chi connectivity index (χ0v) is 17.3. The fourth-order valence-electron chi connectivity index (χ4n) is 2.88. The normalized spacial score (nSPS) is 15.1. The highest BCUT2D eigenvalue weighted by atomic mass is 32.2. The summed E-state index contributed by atoms with van der Waals surface area (Å²) in [7, 11) is -3.69.